The highest BCUT2D eigenvalue weighted by molar-refractivity contribution is 7.22. The zero-order valence-corrected chi connectivity index (χ0v) is 15.8. The molecular weight excluding hydrogens is 353 g/mol. The first-order valence-corrected chi connectivity index (χ1v) is 9.11. The van der Waals surface area contributed by atoms with E-state index >= 15 is 0 Å². The number of quaternary nitrogens is 1. The Labute approximate surface area is 155 Å². The molecule has 0 spiro atoms. The van der Waals surface area contributed by atoms with Crippen LogP contribution in [0.3, 0.4) is 0 Å². The summed E-state index contributed by atoms with van der Waals surface area (Å²) in [6, 6.07) is 11.3. The number of likely N-dealkylation sites (N-methyl/N-ethyl adjacent to an activating group) is 1. The van der Waals surface area contributed by atoms with Crippen LogP contribution in [0.2, 0.25) is 0 Å². The molecule has 0 saturated carbocycles. The van der Waals surface area contributed by atoms with Crippen LogP contribution in [0.15, 0.2) is 42.5 Å². The molecular formula is C19H21FN3O2S+. The quantitative estimate of drug-likeness (QED) is 0.720. The molecule has 1 heterocycles. The number of nitrogens with one attached hydrogen (secondary N) is 1. The van der Waals surface area contributed by atoms with Crippen molar-refractivity contribution < 1.29 is 18.8 Å². The highest BCUT2D eigenvalue weighted by atomic mass is 32.1. The topological polar surface area (TPSA) is 46.9 Å². The molecule has 1 amide bonds. The van der Waals surface area contributed by atoms with Gasteiger partial charge in [0.1, 0.15) is 17.1 Å². The van der Waals surface area contributed by atoms with E-state index in [9.17, 15) is 9.18 Å². The van der Waals surface area contributed by atoms with E-state index in [1.165, 1.54) is 40.5 Å². The third-order valence-corrected chi connectivity index (χ3v) is 5.04. The molecule has 0 bridgehead atoms. The van der Waals surface area contributed by atoms with E-state index < -0.39 is 0 Å². The highest BCUT2D eigenvalue weighted by Gasteiger charge is 2.23. The van der Waals surface area contributed by atoms with Crippen molar-refractivity contribution in [2.45, 2.75) is 0 Å². The van der Waals surface area contributed by atoms with Crippen molar-refractivity contribution in [1.29, 1.82) is 0 Å². The number of benzene rings is 2. The Hall–Kier alpha value is -2.51. The van der Waals surface area contributed by atoms with Crippen molar-refractivity contribution in [1.82, 2.24) is 4.98 Å². The number of hydrogen-bond donors (Lipinski definition) is 1. The number of aromatic nitrogens is 1. The Balaban J connectivity index is 2.00. The van der Waals surface area contributed by atoms with E-state index in [4.69, 9.17) is 4.74 Å². The van der Waals surface area contributed by atoms with Crippen LogP contribution in [0.5, 0.6) is 5.75 Å². The van der Waals surface area contributed by atoms with E-state index in [0.29, 0.717) is 23.0 Å². The molecule has 0 aliphatic heterocycles. The normalized spacial score (nSPS) is 11.1. The molecule has 0 radical (unpaired) electrons. The number of fused-ring (bicyclic) bond motifs is 1. The van der Waals surface area contributed by atoms with Gasteiger partial charge in [0.25, 0.3) is 5.91 Å². The van der Waals surface area contributed by atoms with Crippen LogP contribution in [0.1, 0.15) is 10.4 Å². The fourth-order valence-corrected chi connectivity index (χ4v) is 3.57. The van der Waals surface area contributed by atoms with Gasteiger partial charge in [-0.2, -0.15) is 0 Å². The van der Waals surface area contributed by atoms with Crippen LogP contribution >= 0.6 is 11.3 Å². The summed E-state index contributed by atoms with van der Waals surface area (Å²) in [5.41, 5.74) is 1.18. The number of carbonyl (C=O) groups is 1. The first kappa shape index (κ1) is 18.3. The molecule has 0 aliphatic carbocycles. The van der Waals surface area contributed by atoms with Crippen molar-refractivity contribution >= 4 is 32.6 Å². The van der Waals surface area contributed by atoms with Gasteiger partial charge in [-0.25, -0.2) is 9.37 Å². The molecule has 0 aliphatic rings. The number of amides is 1. The summed E-state index contributed by atoms with van der Waals surface area (Å²) in [6.07, 6.45) is 0. The van der Waals surface area contributed by atoms with Crippen LogP contribution < -0.4 is 14.5 Å². The fourth-order valence-electron chi connectivity index (χ4n) is 2.56. The van der Waals surface area contributed by atoms with Gasteiger partial charge in [0.2, 0.25) is 0 Å². The SMILES string of the molecule is COc1cccc2sc(N(CC[NH+](C)C)C(=O)c3ccc(F)cc3)nc12. The van der Waals surface area contributed by atoms with Crippen LogP contribution in [0.25, 0.3) is 10.2 Å². The lowest BCUT2D eigenvalue weighted by molar-refractivity contribution is -0.856. The summed E-state index contributed by atoms with van der Waals surface area (Å²) >= 11 is 1.44. The van der Waals surface area contributed by atoms with Gasteiger partial charge >= 0.3 is 0 Å². The summed E-state index contributed by atoms with van der Waals surface area (Å²) in [7, 11) is 5.66. The Bertz CT molecular complexity index is 909. The van der Waals surface area contributed by atoms with Crippen molar-refractivity contribution in [2.75, 3.05) is 39.2 Å². The van der Waals surface area contributed by atoms with E-state index in [0.717, 1.165) is 16.8 Å². The van der Waals surface area contributed by atoms with Gasteiger partial charge in [0.15, 0.2) is 5.13 Å². The predicted molar refractivity (Wildman–Crippen MR) is 102 cm³/mol. The van der Waals surface area contributed by atoms with Crippen LogP contribution in [0, 0.1) is 5.82 Å². The summed E-state index contributed by atoms with van der Waals surface area (Å²) in [5, 5.41) is 0.611. The molecule has 0 saturated heterocycles. The number of halogens is 1. The van der Waals surface area contributed by atoms with Crippen LogP contribution in [-0.2, 0) is 0 Å². The Kier molecular flexibility index (Phi) is 5.49. The summed E-state index contributed by atoms with van der Waals surface area (Å²) < 4.78 is 19.5. The molecule has 0 unspecified atom stereocenters. The zero-order chi connectivity index (χ0) is 18.7. The molecule has 0 fully saturated rings. The van der Waals surface area contributed by atoms with E-state index in [1.54, 1.807) is 12.0 Å². The number of rotatable bonds is 6. The number of hydrogen-bond acceptors (Lipinski definition) is 4. The van der Waals surface area contributed by atoms with Gasteiger partial charge < -0.3 is 9.64 Å². The van der Waals surface area contributed by atoms with E-state index in [-0.39, 0.29) is 11.7 Å². The minimum Gasteiger partial charge on any atom is -0.494 e. The van der Waals surface area contributed by atoms with Crippen LogP contribution in [-0.4, -0.2) is 45.2 Å². The van der Waals surface area contributed by atoms with Gasteiger partial charge in [-0.05, 0) is 36.4 Å². The molecule has 3 rings (SSSR count). The lowest BCUT2D eigenvalue weighted by Gasteiger charge is -2.20. The van der Waals surface area contributed by atoms with Gasteiger partial charge in [0, 0.05) is 5.56 Å². The lowest BCUT2D eigenvalue weighted by Crippen LogP contribution is -3.06. The molecule has 0 atom stereocenters. The monoisotopic (exact) mass is 374 g/mol. The van der Waals surface area contributed by atoms with Gasteiger partial charge in [0.05, 0.1) is 39.0 Å². The minimum atomic E-state index is -0.365. The van der Waals surface area contributed by atoms with Crippen molar-refractivity contribution in [3.05, 3.63) is 53.8 Å². The highest BCUT2D eigenvalue weighted by Crippen LogP contribution is 2.34. The largest absolute Gasteiger partial charge is 0.494 e. The number of ether oxygens (including phenoxy) is 1. The second-order valence-corrected chi connectivity index (χ2v) is 7.23. The third-order valence-electron chi connectivity index (χ3n) is 3.99. The van der Waals surface area contributed by atoms with Gasteiger partial charge in [-0.1, -0.05) is 17.4 Å². The predicted octanol–water partition coefficient (Wildman–Crippen LogP) is 2.24. The van der Waals surface area contributed by atoms with Gasteiger partial charge in [-0.15, -0.1) is 0 Å². The Morgan fingerprint density at radius 1 is 1.23 bits per heavy atom. The second-order valence-electron chi connectivity index (χ2n) is 6.22. The maximum atomic E-state index is 13.2. The Morgan fingerprint density at radius 3 is 2.62 bits per heavy atom. The summed E-state index contributed by atoms with van der Waals surface area (Å²) in [4.78, 5) is 20.6. The van der Waals surface area contributed by atoms with Crippen LogP contribution in [0.4, 0.5) is 9.52 Å². The maximum absolute atomic E-state index is 13.2. The lowest BCUT2D eigenvalue weighted by atomic mass is 10.2. The molecule has 2 aromatic carbocycles. The molecule has 3 aromatic rings. The molecule has 5 nitrogen and oxygen atoms in total. The van der Waals surface area contributed by atoms with Crippen molar-refractivity contribution in [3.63, 3.8) is 0 Å². The molecule has 26 heavy (non-hydrogen) atoms. The summed E-state index contributed by atoms with van der Waals surface area (Å²) in [6.45, 7) is 1.28. The number of anilines is 1. The van der Waals surface area contributed by atoms with Crippen molar-refractivity contribution in [2.24, 2.45) is 0 Å². The van der Waals surface area contributed by atoms with E-state index in [1.807, 2.05) is 32.3 Å². The van der Waals surface area contributed by atoms with Crippen molar-refractivity contribution in [3.8, 4) is 5.75 Å². The Morgan fingerprint density at radius 2 is 1.96 bits per heavy atom. The smallest absolute Gasteiger partial charge is 0.260 e. The first-order valence-electron chi connectivity index (χ1n) is 8.29. The fraction of sp³-hybridized carbons (Fsp3) is 0.263. The number of para-hydroxylation sites is 1. The van der Waals surface area contributed by atoms with Gasteiger partial charge in [-0.3, -0.25) is 9.69 Å². The molecule has 136 valence electrons. The average molecular weight is 374 g/mol. The first-order chi connectivity index (χ1) is 12.5. The average Bonchev–Trinajstić information content (AvgIpc) is 3.05. The molecule has 1 aromatic heterocycles. The molecule has 7 heteroatoms. The number of nitrogens with zero attached hydrogens (tertiary/aromatic N) is 2. The summed E-state index contributed by atoms with van der Waals surface area (Å²) in [5.74, 6) is 0.122. The number of thiazole rings is 1. The number of methoxy groups -OCH3 is 1. The second kappa shape index (κ2) is 7.80. The number of carbonyl (C=O) groups excluding carboxylic acids is 1. The standard InChI is InChI=1S/C19H20FN3O2S/c1-22(2)11-12-23(18(24)13-7-9-14(20)10-8-13)19-21-17-15(25-3)5-4-6-16(17)26-19/h4-10H,11-12H2,1-3H3/p+1. The zero-order valence-electron chi connectivity index (χ0n) is 15.0. The van der Waals surface area contributed by atoms with E-state index in [2.05, 4.69) is 4.98 Å². The minimum absolute atomic E-state index is 0.190. The third kappa shape index (κ3) is 3.84. The maximum Gasteiger partial charge on any atom is 0.260 e. The molecule has 1 N–H and O–H groups in total.